The summed E-state index contributed by atoms with van der Waals surface area (Å²) in [5.74, 6) is 0. The number of hydrogen-bond donors (Lipinski definition) is 2. The van der Waals surface area contributed by atoms with E-state index >= 15 is 0 Å². The maximum Gasteiger partial charge on any atom is 0.132 e. The molecule has 0 aliphatic rings. The number of aromatic amines is 1. The lowest BCUT2D eigenvalue weighted by atomic mass is 10.1. The van der Waals surface area contributed by atoms with Crippen molar-refractivity contribution < 1.29 is 5.11 Å². The van der Waals surface area contributed by atoms with Crippen molar-refractivity contribution in [3.8, 4) is 0 Å². The number of hydrogen-bond acceptors (Lipinski definition) is 2. The van der Waals surface area contributed by atoms with Crippen LogP contribution in [0.2, 0.25) is 5.15 Å². The largest absolute Gasteiger partial charge is 0.396 e. The van der Waals surface area contributed by atoms with E-state index in [1.165, 1.54) is 0 Å². The second-order valence-electron chi connectivity index (χ2n) is 2.86. The first-order valence-electron chi connectivity index (χ1n) is 4.04. The van der Waals surface area contributed by atoms with E-state index in [0.717, 1.165) is 16.5 Å². The smallest absolute Gasteiger partial charge is 0.132 e. The zero-order chi connectivity index (χ0) is 9.26. The highest BCUT2D eigenvalue weighted by atomic mass is 35.5. The lowest BCUT2D eigenvalue weighted by molar-refractivity contribution is 0.299. The molecule has 0 aliphatic heterocycles. The van der Waals surface area contributed by atoms with Gasteiger partial charge in [-0.2, -0.15) is 5.10 Å². The van der Waals surface area contributed by atoms with Crippen LogP contribution in [0.15, 0.2) is 18.2 Å². The molecule has 1 aromatic heterocycles. The Morgan fingerprint density at radius 3 is 3.08 bits per heavy atom. The van der Waals surface area contributed by atoms with Crippen molar-refractivity contribution in [2.75, 3.05) is 6.61 Å². The molecule has 0 atom stereocenters. The van der Waals surface area contributed by atoms with E-state index < -0.39 is 0 Å². The topological polar surface area (TPSA) is 48.9 Å². The molecule has 0 fully saturated rings. The summed E-state index contributed by atoms with van der Waals surface area (Å²) in [5, 5.41) is 16.9. The number of aliphatic hydroxyl groups is 1. The number of halogens is 1. The first-order chi connectivity index (χ1) is 6.31. The number of aromatic nitrogens is 2. The van der Waals surface area contributed by atoms with E-state index in [4.69, 9.17) is 16.7 Å². The minimum Gasteiger partial charge on any atom is -0.396 e. The number of benzene rings is 1. The minimum absolute atomic E-state index is 0.156. The lowest BCUT2D eigenvalue weighted by Crippen LogP contribution is -1.89. The van der Waals surface area contributed by atoms with Gasteiger partial charge in [0.1, 0.15) is 5.15 Å². The quantitative estimate of drug-likeness (QED) is 0.769. The first-order valence-corrected chi connectivity index (χ1v) is 4.42. The van der Waals surface area contributed by atoms with Crippen LogP contribution in [-0.4, -0.2) is 21.9 Å². The number of fused-ring (bicyclic) bond motifs is 1. The molecule has 2 N–H and O–H groups in total. The van der Waals surface area contributed by atoms with Crippen LogP contribution in [0.3, 0.4) is 0 Å². The predicted octanol–water partition coefficient (Wildman–Crippen LogP) is 1.75. The maximum atomic E-state index is 8.74. The average molecular weight is 197 g/mol. The van der Waals surface area contributed by atoms with Crippen molar-refractivity contribution in [3.63, 3.8) is 0 Å². The van der Waals surface area contributed by atoms with Crippen LogP contribution in [0, 0.1) is 0 Å². The molecular formula is C9H9ClN2O. The number of rotatable bonds is 2. The number of nitrogens with one attached hydrogen (secondary N) is 1. The molecule has 13 heavy (non-hydrogen) atoms. The molecule has 0 spiro atoms. The summed E-state index contributed by atoms with van der Waals surface area (Å²) in [6.07, 6.45) is 0.653. The molecule has 0 saturated heterocycles. The van der Waals surface area contributed by atoms with Crippen molar-refractivity contribution in [1.82, 2.24) is 10.2 Å². The van der Waals surface area contributed by atoms with Crippen molar-refractivity contribution in [2.45, 2.75) is 6.42 Å². The molecule has 2 rings (SSSR count). The Kier molecular flexibility index (Phi) is 2.20. The molecular weight excluding hydrogens is 188 g/mol. The van der Waals surface area contributed by atoms with Gasteiger partial charge >= 0.3 is 0 Å². The van der Waals surface area contributed by atoms with Crippen LogP contribution >= 0.6 is 11.6 Å². The standard InChI is InChI=1S/C9H9ClN2O/c10-9-7-2-1-6(3-4-13)5-8(7)11-12-9/h1-2,5,13H,3-4H2,(H,11,12). The molecule has 0 amide bonds. The normalized spacial score (nSPS) is 10.9. The summed E-state index contributed by atoms with van der Waals surface area (Å²) in [4.78, 5) is 0. The van der Waals surface area contributed by atoms with E-state index in [2.05, 4.69) is 10.2 Å². The fourth-order valence-electron chi connectivity index (χ4n) is 1.31. The van der Waals surface area contributed by atoms with Gasteiger partial charge in [0.15, 0.2) is 0 Å². The maximum absolute atomic E-state index is 8.74. The van der Waals surface area contributed by atoms with Gasteiger partial charge in [0.2, 0.25) is 0 Å². The summed E-state index contributed by atoms with van der Waals surface area (Å²) >= 11 is 5.83. The Bertz CT molecular complexity index is 424. The van der Waals surface area contributed by atoms with E-state index in [9.17, 15) is 0 Å². The Balaban J connectivity index is 2.50. The fraction of sp³-hybridized carbons (Fsp3) is 0.222. The van der Waals surface area contributed by atoms with Gasteiger partial charge in [-0.05, 0) is 24.1 Å². The van der Waals surface area contributed by atoms with Crippen LogP contribution in [0.4, 0.5) is 0 Å². The van der Waals surface area contributed by atoms with Gasteiger partial charge in [-0.15, -0.1) is 0 Å². The Morgan fingerprint density at radius 1 is 1.46 bits per heavy atom. The Hall–Kier alpha value is -1.06. The van der Waals surface area contributed by atoms with Crippen molar-refractivity contribution in [2.24, 2.45) is 0 Å². The molecule has 4 heteroatoms. The van der Waals surface area contributed by atoms with Crippen LogP contribution in [0.5, 0.6) is 0 Å². The van der Waals surface area contributed by atoms with E-state index in [1.54, 1.807) is 0 Å². The SMILES string of the molecule is OCCc1ccc2c(Cl)[nH]nc2c1. The molecule has 3 nitrogen and oxygen atoms in total. The zero-order valence-electron chi connectivity index (χ0n) is 6.92. The molecule has 0 saturated carbocycles. The molecule has 0 unspecified atom stereocenters. The van der Waals surface area contributed by atoms with Gasteiger partial charge < -0.3 is 5.11 Å². The predicted molar refractivity (Wildman–Crippen MR) is 51.9 cm³/mol. The number of nitrogens with zero attached hydrogens (tertiary/aromatic N) is 1. The highest BCUT2D eigenvalue weighted by molar-refractivity contribution is 6.34. The zero-order valence-corrected chi connectivity index (χ0v) is 7.67. The second-order valence-corrected chi connectivity index (χ2v) is 3.24. The van der Waals surface area contributed by atoms with Crippen LogP contribution in [0.25, 0.3) is 10.9 Å². The molecule has 2 aromatic rings. The van der Waals surface area contributed by atoms with Gasteiger partial charge in [0.25, 0.3) is 0 Å². The fourth-order valence-corrected chi connectivity index (χ4v) is 1.51. The molecule has 68 valence electrons. The molecule has 0 bridgehead atoms. The molecule has 1 heterocycles. The van der Waals surface area contributed by atoms with Crippen molar-refractivity contribution in [3.05, 3.63) is 28.9 Å². The highest BCUT2D eigenvalue weighted by Gasteiger charge is 2.02. The van der Waals surface area contributed by atoms with Crippen LogP contribution < -0.4 is 0 Å². The van der Waals surface area contributed by atoms with Gasteiger partial charge in [-0.1, -0.05) is 17.7 Å². The summed E-state index contributed by atoms with van der Waals surface area (Å²) in [5.41, 5.74) is 1.91. The minimum atomic E-state index is 0.156. The van der Waals surface area contributed by atoms with Crippen molar-refractivity contribution >= 4 is 22.5 Å². The van der Waals surface area contributed by atoms with Gasteiger partial charge in [0, 0.05) is 12.0 Å². The van der Waals surface area contributed by atoms with Gasteiger partial charge in [-0.3, -0.25) is 5.10 Å². The number of aliphatic hydroxyl groups excluding tert-OH is 1. The van der Waals surface area contributed by atoms with E-state index in [1.807, 2.05) is 18.2 Å². The van der Waals surface area contributed by atoms with Gasteiger partial charge in [-0.25, -0.2) is 0 Å². The van der Waals surface area contributed by atoms with E-state index in [0.29, 0.717) is 11.6 Å². The second kappa shape index (κ2) is 3.36. The average Bonchev–Trinajstić information content (AvgIpc) is 2.48. The monoisotopic (exact) mass is 196 g/mol. The summed E-state index contributed by atoms with van der Waals surface area (Å²) in [6.45, 7) is 0.156. The Morgan fingerprint density at radius 2 is 2.31 bits per heavy atom. The first kappa shape index (κ1) is 8.53. The van der Waals surface area contributed by atoms with Crippen LogP contribution in [-0.2, 0) is 6.42 Å². The Labute approximate surface area is 80.3 Å². The van der Waals surface area contributed by atoms with E-state index in [-0.39, 0.29) is 6.61 Å². The molecule has 0 aliphatic carbocycles. The third-order valence-corrected chi connectivity index (χ3v) is 2.26. The summed E-state index contributed by atoms with van der Waals surface area (Å²) in [7, 11) is 0. The number of H-pyrrole nitrogens is 1. The summed E-state index contributed by atoms with van der Waals surface area (Å²) < 4.78 is 0. The van der Waals surface area contributed by atoms with Gasteiger partial charge in [0.05, 0.1) is 5.52 Å². The third-order valence-electron chi connectivity index (χ3n) is 1.97. The summed E-state index contributed by atoms with van der Waals surface area (Å²) in [6, 6.07) is 5.78. The highest BCUT2D eigenvalue weighted by Crippen LogP contribution is 2.21. The molecule has 1 aromatic carbocycles. The third kappa shape index (κ3) is 1.53. The van der Waals surface area contributed by atoms with Crippen molar-refractivity contribution in [1.29, 1.82) is 0 Å². The van der Waals surface area contributed by atoms with Crippen LogP contribution in [0.1, 0.15) is 5.56 Å². The molecule has 0 radical (unpaired) electrons. The lowest BCUT2D eigenvalue weighted by Gasteiger charge is -1.96.